The van der Waals surface area contributed by atoms with Gasteiger partial charge in [0.2, 0.25) is 0 Å². The van der Waals surface area contributed by atoms with Crippen molar-refractivity contribution in [1.29, 1.82) is 0 Å². The smallest absolute Gasteiger partial charge is 0.0203 e. The maximum Gasteiger partial charge on any atom is 0.0203 e. The number of rotatable bonds is 0. The van der Waals surface area contributed by atoms with Crippen LogP contribution in [0.15, 0.2) is 0 Å². The normalized spacial score (nSPS) is 33.2. The van der Waals surface area contributed by atoms with Gasteiger partial charge in [-0.2, -0.15) is 0 Å². The third kappa shape index (κ3) is 7.13. The molecule has 0 amide bonds. The van der Waals surface area contributed by atoms with Crippen LogP contribution in [0.3, 0.4) is 0 Å². The Balaban J connectivity index is 1.14. The molecule has 0 aliphatic heterocycles. The lowest BCUT2D eigenvalue weighted by atomic mass is 9.80. The van der Waals surface area contributed by atoms with Gasteiger partial charge in [-0.15, -0.1) is 0 Å². The molecule has 162 valence electrons. The molecule has 0 saturated heterocycles. The molecule has 0 aromatic carbocycles. The molecule has 0 radical (unpaired) electrons. The van der Waals surface area contributed by atoms with Crippen LogP contribution in [0.2, 0.25) is 0 Å². The number of hydrogen-bond acceptors (Lipinski definition) is 0. The van der Waals surface area contributed by atoms with Crippen molar-refractivity contribution in [3.63, 3.8) is 0 Å². The minimum absolute atomic E-state index is 0.640. The average molecular weight is 403 g/mol. The maximum absolute atomic E-state index is 3.68. The fourth-order valence-electron chi connectivity index (χ4n) is 5.97. The summed E-state index contributed by atoms with van der Waals surface area (Å²) < 4.78 is 0. The molecular formula is C30H42. The third-order valence-corrected chi connectivity index (χ3v) is 8.14. The van der Waals surface area contributed by atoms with E-state index in [1.165, 1.54) is 116 Å². The molecule has 0 N–H and O–H groups in total. The molecule has 4 aliphatic carbocycles. The second-order valence-corrected chi connectivity index (χ2v) is 10.6. The first-order valence-corrected chi connectivity index (χ1v) is 13.4. The van der Waals surface area contributed by atoms with Crippen LogP contribution >= 0.6 is 0 Å². The summed E-state index contributed by atoms with van der Waals surface area (Å²) in [6, 6.07) is 0. The summed E-state index contributed by atoms with van der Waals surface area (Å²) in [5, 5.41) is 0. The van der Waals surface area contributed by atoms with Crippen molar-refractivity contribution in [3.8, 4) is 35.5 Å². The highest BCUT2D eigenvalue weighted by molar-refractivity contribution is 5.14. The zero-order valence-corrected chi connectivity index (χ0v) is 19.2. The summed E-state index contributed by atoms with van der Waals surface area (Å²) in [6.45, 7) is 0. The Morgan fingerprint density at radius 3 is 0.667 bits per heavy atom. The summed E-state index contributed by atoms with van der Waals surface area (Å²) >= 11 is 0. The van der Waals surface area contributed by atoms with Gasteiger partial charge in [-0.1, -0.05) is 74.0 Å². The molecule has 0 spiro atoms. The van der Waals surface area contributed by atoms with E-state index in [-0.39, 0.29) is 0 Å². The van der Waals surface area contributed by atoms with Crippen LogP contribution in [0.4, 0.5) is 0 Å². The predicted molar refractivity (Wildman–Crippen MR) is 127 cm³/mol. The number of hydrogen-bond donors (Lipinski definition) is 0. The Hall–Kier alpha value is -1.32. The van der Waals surface area contributed by atoms with Gasteiger partial charge in [-0.25, -0.2) is 0 Å². The van der Waals surface area contributed by atoms with Crippen LogP contribution in [0.5, 0.6) is 0 Å². The van der Waals surface area contributed by atoms with E-state index in [1.807, 2.05) is 0 Å². The molecule has 0 atom stereocenters. The van der Waals surface area contributed by atoms with Gasteiger partial charge in [-0.3, -0.25) is 0 Å². The van der Waals surface area contributed by atoms with Gasteiger partial charge in [-0.05, 0) is 77.0 Å². The SMILES string of the molecule is C(#CC1CCC(C#CC2CCC(C#CC3CCCCC3)CC2)CC1)C1CCCCC1. The van der Waals surface area contributed by atoms with E-state index in [9.17, 15) is 0 Å². The van der Waals surface area contributed by atoms with Crippen molar-refractivity contribution >= 4 is 0 Å². The molecule has 30 heavy (non-hydrogen) atoms. The molecule has 0 nitrogen and oxygen atoms in total. The topological polar surface area (TPSA) is 0 Å². The highest BCUT2D eigenvalue weighted by Gasteiger charge is 2.21. The van der Waals surface area contributed by atoms with Crippen LogP contribution in [0.1, 0.15) is 116 Å². The Kier molecular flexibility index (Phi) is 8.69. The summed E-state index contributed by atoms with van der Waals surface area (Å²) in [5.74, 6) is 25.9. The lowest BCUT2D eigenvalue weighted by Gasteiger charge is -2.24. The third-order valence-electron chi connectivity index (χ3n) is 8.14. The Bertz CT molecular complexity index is 622. The summed E-state index contributed by atoms with van der Waals surface area (Å²) in [6.07, 6.45) is 24.1. The van der Waals surface area contributed by atoms with Crippen LogP contribution in [-0.2, 0) is 0 Å². The summed E-state index contributed by atoms with van der Waals surface area (Å²) in [7, 11) is 0. The average Bonchev–Trinajstić information content (AvgIpc) is 2.83. The minimum Gasteiger partial charge on any atom is -0.0996 e. The first-order valence-electron chi connectivity index (χ1n) is 13.4. The molecule has 4 fully saturated rings. The second kappa shape index (κ2) is 11.9. The Labute approximate surface area is 186 Å². The van der Waals surface area contributed by atoms with Crippen molar-refractivity contribution in [2.45, 2.75) is 116 Å². The molecule has 0 heterocycles. The Morgan fingerprint density at radius 1 is 0.233 bits per heavy atom. The standard InChI is InChI=1S/C30H42/c1-3-7-25(8-4-1)11-13-27-15-19-29(20-16-27)23-24-30-21-17-28(18-22-30)14-12-26-9-5-2-6-10-26/h25-30H,1-10,15-22H2. The van der Waals surface area contributed by atoms with Gasteiger partial charge in [0.05, 0.1) is 0 Å². The zero-order valence-electron chi connectivity index (χ0n) is 19.2. The lowest BCUT2D eigenvalue weighted by molar-refractivity contribution is 0.362. The molecule has 0 unspecified atom stereocenters. The molecular weight excluding hydrogens is 360 g/mol. The van der Waals surface area contributed by atoms with Gasteiger partial charge >= 0.3 is 0 Å². The van der Waals surface area contributed by atoms with E-state index in [4.69, 9.17) is 0 Å². The van der Waals surface area contributed by atoms with Crippen LogP contribution in [0.25, 0.3) is 0 Å². The largest absolute Gasteiger partial charge is 0.0996 e. The molecule has 4 saturated carbocycles. The molecule has 0 bridgehead atoms. The van der Waals surface area contributed by atoms with Crippen molar-refractivity contribution in [2.24, 2.45) is 35.5 Å². The first kappa shape index (κ1) is 21.9. The van der Waals surface area contributed by atoms with E-state index in [0.717, 1.165) is 0 Å². The molecule has 4 aliphatic rings. The van der Waals surface area contributed by atoms with Crippen molar-refractivity contribution in [3.05, 3.63) is 0 Å². The fraction of sp³-hybridized carbons (Fsp3) is 0.800. The molecule has 0 heteroatoms. The van der Waals surface area contributed by atoms with Crippen LogP contribution in [0, 0.1) is 71.0 Å². The fourth-order valence-corrected chi connectivity index (χ4v) is 5.97. The Morgan fingerprint density at radius 2 is 0.433 bits per heavy atom. The molecule has 0 aromatic heterocycles. The van der Waals surface area contributed by atoms with Gasteiger partial charge in [0.1, 0.15) is 0 Å². The van der Waals surface area contributed by atoms with Crippen molar-refractivity contribution in [1.82, 2.24) is 0 Å². The summed E-state index contributed by atoms with van der Waals surface area (Å²) in [4.78, 5) is 0. The van der Waals surface area contributed by atoms with Crippen molar-refractivity contribution in [2.75, 3.05) is 0 Å². The summed E-state index contributed by atoms with van der Waals surface area (Å²) in [5.41, 5.74) is 0. The van der Waals surface area contributed by atoms with E-state index in [1.54, 1.807) is 0 Å². The van der Waals surface area contributed by atoms with E-state index in [2.05, 4.69) is 35.5 Å². The van der Waals surface area contributed by atoms with Gasteiger partial charge in [0.25, 0.3) is 0 Å². The van der Waals surface area contributed by atoms with Gasteiger partial charge in [0, 0.05) is 35.5 Å². The van der Waals surface area contributed by atoms with Crippen LogP contribution in [-0.4, -0.2) is 0 Å². The van der Waals surface area contributed by atoms with E-state index < -0.39 is 0 Å². The highest BCUT2D eigenvalue weighted by atomic mass is 14.2. The van der Waals surface area contributed by atoms with Crippen LogP contribution < -0.4 is 0 Å². The minimum atomic E-state index is 0.640. The van der Waals surface area contributed by atoms with Gasteiger partial charge < -0.3 is 0 Å². The van der Waals surface area contributed by atoms with Gasteiger partial charge in [0.15, 0.2) is 0 Å². The molecule has 0 aromatic rings. The van der Waals surface area contributed by atoms with E-state index in [0.29, 0.717) is 35.5 Å². The monoisotopic (exact) mass is 402 g/mol. The van der Waals surface area contributed by atoms with Crippen molar-refractivity contribution < 1.29 is 0 Å². The zero-order chi connectivity index (χ0) is 20.4. The first-order chi connectivity index (χ1) is 14.8. The highest BCUT2D eigenvalue weighted by Crippen LogP contribution is 2.31. The second-order valence-electron chi connectivity index (χ2n) is 10.6. The van der Waals surface area contributed by atoms with E-state index >= 15 is 0 Å². The predicted octanol–water partition coefficient (Wildman–Crippen LogP) is 7.77. The maximum atomic E-state index is 3.68. The molecule has 4 rings (SSSR count). The quantitative estimate of drug-likeness (QED) is 0.363. The lowest BCUT2D eigenvalue weighted by Crippen LogP contribution is -2.14.